The molecule has 1 aliphatic heterocycles. The smallest absolute Gasteiger partial charge is 0.306 e. The molecule has 0 radical (unpaired) electrons. The Morgan fingerprint density at radius 1 is 0.568 bits per heavy atom. The third-order valence-corrected chi connectivity index (χ3v) is 17.9. The lowest BCUT2D eigenvalue weighted by atomic mass is 9.83. The van der Waals surface area contributed by atoms with E-state index in [-0.39, 0.29) is 30.7 Å². The summed E-state index contributed by atoms with van der Waals surface area (Å²) in [6, 6.07) is 0.399. The molecule has 1 heterocycles. The molecule has 1 saturated carbocycles. The van der Waals surface area contributed by atoms with Crippen LogP contribution in [0.3, 0.4) is 0 Å². The van der Waals surface area contributed by atoms with Crippen molar-refractivity contribution in [1.82, 2.24) is 4.90 Å². The van der Waals surface area contributed by atoms with Crippen molar-refractivity contribution in [2.45, 2.75) is 399 Å². The van der Waals surface area contributed by atoms with Crippen molar-refractivity contribution < 1.29 is 23.9 Å². The van der Waals surface area contributed by atoms with Gasteiger partial charge in [0.05, 0.1) is 6.61 Å². The van der Waals surface area contributed by atoms with Crippen LogP contribution >= 0.6 is 0 Å². The van der Waals surface area contributed by atoms with E-state index in [0.29, 0.717) is 30.6 Å². The SMILES string of the molecule is C.CC.CC.CCCCCC(CCCCC)CCCCC.CCCCCCCCC(CCCCCCCC)OC(=O)CCCCCCCOC[C@@H]1C[C@H](C=CC(=O)CCC2CCCC(C)CC2)CN1CCCCCCC(C)(C)C(C)=O. The molecule has 2 rings (SSSR count). The number of ketones is 2. The average molecular weight is 1150 g/mol. The molecule has 2 aliphatic rings. The minimum atomic E-state index is -0.209. The molecule has 0 aromatic rings. The number of nitrogens with zero attached hydrogens (tertiary/aromatic N) is 1. The van der Waals surface area contributed by atoms with E-state index in [2.05, 4.69) is 66.4 Å². The van der Waals surface area contributed by atoms with Crippen molar-refractivity contribution in [2.75, 3.05) is 26.3 Å². The zero-order valence-electron chi connectivity index (χ0n) is 56.8. The summed E-state index contributed by atoms with van der Waals surface area (Å²) in [5.74, 6) is 3.63. The zero-order valence-corrected chi connectivity index (χ0v) is 56.8. The van der Waals surface area contributed by atoms with Gasteiger partial charge in [-0.05, 0) is 107 Å². The summed E-state index contributed by atoms with van der Waals surface area (Å²) in [5, 5.41) is 0. The van der Waals surface area contributed by atoms with E-state index in [1.165, 1.54) is 205 Å². The summed E-state index contributed by atoms with van der Waals surface area (Å²) in [7, 11) is 0. The van der Waals surface area contributed by atoms with Crippen molar-refractivity contribution in [2.24, 2.45) is 29.1 Å². The first kappa shape index (κ1) is 83.7. The first-order valence-corrected chi connectivity index (χ1v) is 36.1. The molecular formula is C75H149NO5. The molecule has 0 aromatic carbocycles. The van der Waals surface area contributed by atoms with E-state index < -0.39 is 0 Å². The van der Waals surface area contributed by atoms with Crippen LogP contribution < -0.4 is 0 Å². The van der Waals surface area contributed by atoms with Crippen molar-refractivity contribution >= 4 is 17.5 Å². The summed E-state index contributed by atoms with van der Waals surface area (Å²) in [6.45, 7) is 31.3. The van der Waals surface area contributed by atoms with Gasteiger partial charge in [0.2, 0.25) is 0 Å². The van der Waals surface area contributed by atoms with Crippen LogP contribution in [0.5, 0.6) is 0 Å². The van der Waals surface area contributed by atoms with E-state index in [1.807, 2.05) is 33.8 Å². The van der Waals surface area contributed by atoms with Crippen LogP contribution in [0.1, 0.15) is 386 Å². The largest absolute Gasteiger partial charge is 0.462 e. The van der Waals surface area contributed by atoms with Crippen molar-refractivity contribution in [1.29, 1.82) is 0 Å². The van der Waals surface area contributed by atoms with Crippen molar-refractivity contribution in [3.8, 4) is 0 Å². The van der Waals surface area contributed by atoms with E-state index >= 15 is 0 Å². The van der Waals surface area contributed by atoms with Gasteiger partial charge >= 0.3 is 5.97 Å². The van der Waals surface area contributed by atoms with Gasteiger partial charge in [0, 0.05) is 37.5 Å². The zero-order chi connectivity index (χ0) is 59.8. The van der Waals surface area contributed by atoms with Crippen LogP contribution in [0, 0.1) is 29.1 Å². The Morgan fingerprint density at radius 3 is 1.60 bits per heavy atom. The van der Waals surface area contributed by atoms with E-state index in [1.54, 1.807) is 6.92 Å². The molecular weight excluding hydrogens is 995 g/mol. The molecule has 2 fully saturated rings. The first-order chi connectivity index (χ1) is 38.9. The van der Waals surface area contributed by atoms with Gasteiger partial charge in [0.1, 0.15) is 11.9 Å². The normalized spacial score (nSPS) is 17.4. The Labute approximate surface area is 510 Å². The molecule has 6 nitrogen and oxygen atoms in total. The molecule has 0 N–H and O–H groups in total. The van der Waals surface area contributed by atoms with E-state index in [4.69, 9.17) is 9.47 Å². The fourth-order valence-corrected chi connectivity index (χ4v) is 12.1. The van der Waals surface area contributed by atoms with Gasteiger partial charge in [-0.3, -0.25) is 19.3 Å². The number of unbranched alkanes of at least 4 members (excludes halogenated alkanes) is 23. The number of rotatable bonds is 50. The minimum Gasteiger partial charge on any atom is -0.462 e. The van der Waals surface area contributed by atoms with Crippen LogP contribution in [-0.4, -0.2) is 60.9 Å². The van der Waals surface area contributed by atoms with Gasteiger partial charge in [-0.25, -0.2) is 0 Å². The van der Waals surface area contributed by atoms with E-state index in [0.717, 1.165) is 115 Å². The fraction of sp³-hybridized carbons (Fsp3) is 0.933. The second-order valence-corrected chi connectivity index (χ2v) is 25.8. The Kier molecular flexibility index (Phi) is 63.6. The molecule has 0 spiro atoms. The number of allylic oxidation sites excluding steroid dienone is 1. The van der Waals surface area contributed by atoms with Crippen LogP contribution in [0.4, 0.5) is 0 Å². The highest BCUT2D eigenvalue weighted by Gasteiger charge is 2.31. The van der Waals surface area contributed by atoms with Crippen LogP contribution in [0.2, 0.25) is 0 Å². The number of Topliss-reactive ketones (excluding diaryl/α,β-unsaturated/α-hetero) is 1. The van der Waals surface area contributed by atoms with Crippen LogP contribution in [-0.2, 0) is 23.9 Å². The molecule has 4 atom stereocenters. The minimum absolute atomic E-state index is 0. The predicted octanol–water partition coefficient (Wildman–Crippen LogP) is 24.2. The Balaban J connectivity index is -0.00000247. The van der Waals surface area contributed by atoms with Gasteiger partial charge in [-0.1, -0.05) is 308 Å². The monoisotopic (exact) mass is 1140 g/mol. The summed E-state index contributed by atoms with van der Waals surface area (Å²) in [5.41, 5.74) is -0.209. The quantitative estimate of drug-likeness (QED) is 0.0262. The van der Waals surface area contributed by atoms with Crippen molar-refractivity contribution in [3.05, 3.63) is 12.2 Å². The summed E-state index contributed by atoms with van der Waals surface area (Å²) >= 11 is 0. The van der Waals surface area contributed by atoms with Gasteiger partial charge in [-0.2, -0.15) is 0 Å². The van der Waals surface area contributed by atoms with E-state index in [9.17, 15) is 14.4 Å². The first-order valence-electron chi connectivity index (χ1n) is 36.1. The number of carbonyl (C=O) groups is 3. The number of hydrogen-bond acceptors (Lipinski definition) is 6. The maximum absolute atomic E-state index is 12.9. The highest BCUT2D eigenvalue weighted by Crippen LogP contribution is 2.31. The average Bonchev–Trinajstić information content (AvgIpc) is 3.74. The second-order valence-electron chi connectivity index (χ2n) is 25.8. The third-order valence-electron chi connectivity index (χ3n) is 17.9. The topological polar surface area (TPSA) is 72.9 Å². The molecule has 2 unspecified atom stereocenters. The summed E-state index contributed by atoms with van der Waals surface area (Å²) < 4.78 is 12.4. The Hall–Kier alpha value is -1.53. The lowest BCUT2D eigenvalue weighted by Crippen LogP contribution is -2.34. The maximum atomic E-state index is 12.9. The molecule has 484 valence electrons. The molecule has 6 heteroatoms. The Morgan fingerprint density at radius 2 is 1.05 bits per heavy atom. The number of esters is 1. The fourth-order valence-electron chi connectivity index (χ4n) is 12.1. The standard InChI is InChI=1S/C54H99NO5.C16H34.2C2H6.CH4/c1-7-9-11-13-16-22-31-52(32-23-17-14-12-10-8-2)60-53(58)33-24-18-15-21-27-42-59-45-50-43-49(37-39-51(57)38-36-48-30-28-29-46(3)34-35-48)44-55(50)41-26-20-19-25-40-54(5,6)47(4)56;1-4-7-10-13-16(14-11-8-5-2)15-12-9-6-3;2*1-2;/h37,39,46,48-50,52H,7-36,38,40-45H2,1-6H3;16H,4-15H2,1-3H3;2*1-2H3;1H4/t46?,48?,49-,50-;;;;/m0..../s1. The van der Waals surface area contributed by atoms with Gasteiger partial charge in [0.25, 0.3) is 0 Å². The number of hydrogen-bond donors (Lipinski definition) is 0. The number of ether oxygens (including phenoxy) is 2. The lowest BCUT2D eigenvalue weighted by Gasteiger charge is -2.24. The van der Waals surface area contributed by atoms with Crippen molar-refractivity contribution in [3.63, 3.8) is 0 Å². The van der Waals surface area contributed by atoms with Crippen LogP contribution in [0.15, 0.2) is 12.2 Å². The highest BCUT2D eigenvalue weighted by atomic mass is 16.5. The highest BCUT2D eigenvalue weighted by molar-refractivity contribution is 5.89. The maximum Gasteiger partial charge on any atom is 0.306 e. The van der Waals surface area contributed by atoms with Gasteiger partial charge in [-0.15, -0.1) is 0 Å². The van der Waals surface area contributed by atoms with Gasteiger partial charge in [0.15, 0.2) is 5.78 Å². The molecule has 1 saturated heterocycles. The molecule has 0 aromatic heterocycles. The lowest BCUT2D eigenvalue weighted by molar-refractivity contribution is -0.150. The Bertz CT molecular complexity index is 1320. The van der Waals surface area contributed by atoms with Gasteiger partial charge < -0.3 is 9.47 Å². The molecule has 1 aliphatic carbocycles. The third kappa shape index (κ3) is 51.4. The predicted molar refractivity (Wildman–Crippen MR) is 360 cm³/mol. The van der Waals surface area contributed by atoms with Crippen LogP contribution in [0.25, 0.3) is 0 Å². The molecule has 0 amide bonds. The second kappa shape index (κ2) is 61.6. The summed E-state index contributed by atoms with van der Waals surface area (Å²) in [4.78, 5) is 40.3. The molecule has 0 bridgehead atoms. The number of carbonyl (C=O) groups excluding carboxylic acids is 3. The number of likely N-dealkylation sites (tertiary alicyclic amines) is 1. The summed E-state index contributed by atoms with van der Waals surface area (Å²) in [6.07, 6.45) is 59.9. The molecule has 81 heavy (non-hydrogen) atoms.